The van der Waals surface area contributed by atoms with Crippen LogP contribution in [0.15, 0.2) is 67.0 Å². The molecular formula is C47H58O24. The summed E-state index contributed by atoms with van der Waals surface area (Å²) in [5.41, 5.74) is -0.307. The number of hydrogen-bond acceptors (Lipinski definition) is 24. The first kappa shape index (κ1) is 52.5. The van der Waals surface area contributed by atoms with E-state index in [0.717, 1.165) is 12.2 Å². The average molecular weight is 1010 g/mol. The number of carbonyl (C=O) groups excluding carboxylic acids is 2. The number of fused-ring (bicyclic) bond motifs is 3. The molecule has 6 aliphatic rings. The number of epoxide rings is 1. The second-order valence-corrected chi connectivity index (χ2v) is 17.7. The third kappa shape index (κ3) is 10.8. The Hall–Kier alpha value is -4.84. The van der Waals surface area contributed by atoms with Gasteiger partial charge in [-0.2, -0.15) is 0 Å². The van der Waals surface area contributed by atoms with Crippen LogP contribution in [-0.2, 0) is 57.0 Å². The number of aliphatic hydroxyl groups is 9. The van der Waals surface area contributed by atoms with Crippen molar-refractivity contribution in [2.75, 3.05) is 34.0 Å². The van der Waals surface area contributed by atoms with E-state index >= 15 is 0 Å². The van der Waals surface area contributed by atoms with Gasteiger partial charge in [0.15, 0.2) is 36.5 Å². The second kappa shape index (κ2) is 22.1. The van der Waals surface area contributed by atoms with Crippen molar-refractivity contribution < 1.29 is 117 Å². The highest BCUT2D eigenvalue weighted by Gasteiger charge is 2.77. The molecule has 0 amide bonds. The van der Waals surface area contributed by atoms with Gasteiger partial charge in [-0.3, -0.25) is 0 Å². The molecule has 0 bridgehead atoms. The summed E-state index contributed by atoms with van der Waals surface area (Å²) in [5, 5.41) is 107. The Kier molecular flexibility index (Phi) is 16.3. The zero-order chi connectivity index (χ0) is 50.9. The summed E-state index contributed by atoms with van der Waals surface area (Å²) in [5.74, 6) is -2.83. The van der Waals surface area contributed by atoms with Crippen LogP contribution in [0.4, 0.5) is 0 Å². The lowest BCUT2D eigenvalue weighted by molar-refractivity contribution is -0.364. The topological polar surface area (TPSA) is 350 Å². The van der Waals surface area contributed by atoms with Crippen LogP contribution in [-0.4, -0.2) is 213 Å². The van der Waals surface area contributed by atoms with E-state index in [4.69, 9.17) is 56.8 Å². The number of phenolic OH excluding ortho intramolecular Hbond substituents is 1. The van der Waals surface area contributed by atoms with Crippen molar-refractivity contribution >= 4 is 24.1 Å². The normalized spacial score (nSPS) is 40.7. The van der Waals surface area contributed by atoms with Gasteiger partial charge in [-0.15, -0.1) is 0 Å². The maximum atomic E-state index is 13.4. The fourth-order valence-electron chi connectivity index (χ4n) is 9.43. The highest BCUT2D eigenvalue weighted by Crippen LogP contribution is 2.61. The molecule has 8 rings (SSSR count). The molecule has 21 atom stereocenters. The SMILES string of the molecule is COc1ccc(/C=C/C(=O)O[C@@H]2[C@@H](O[C@@H]3O[C@H](COC(=O)/C=C/c4ccc(O)c(OC)c4)[C@@H](O)[C@H](O)[C@H]3O)[C@@H](O)[C@H](O[C@H]3[C@@H]4C=CO[C@@H](O[C@@H]5O[C@H](CO)[C@@H](O)[C@H](O)[C@H]5O)[C@@H]4[C@@]4(CO)O[C@@H]34)O[C@H]2C)cc1. The van der Waals surface area contributed by atoms with Crippen molar-refractivity contribution in [1.82, 2.24) is 0 Å². The predicted molar refractivity (Wildman–Crippen MR) is 234 cm³/mol. The Bertz CT molecular complexity index is 2240. The number of aromatic hydroxyl groups is 1. The molecule has 0 radical (unpaired) electrons. The molecule has 4 saturated heterocycles. The van der Waals surface area contributed by atoms with Gasteiger partial charge in [0.1, 0.15) is 85.1 Å². The molecular weight excluding hydrogens is 948 g/mol. The fraction of sp³-hybridized carbons (Fsp3) is 0.574. The monoisotopic (exact) mass is 1010 g/mol. The van der Waals surface area contributed by atoms with E-state index in [1.54, 1.807) is 30.3 Å². The molecule has 2 aromatic carbocycles. The molecule has 71 heavy (non-hydrogen) atoms. The lowest BCUT2D eigenvalue weighted by Gasteiger charge is -2.47. The summed E-state index contributed by atoms with van der Waals surface area (Å²) < 4.78 is 69.3. The van der Waals surface area contributed by atoms with Crippen LogP contribution in [0.1, 0.15) is 18.1 Å². The number of rotatable bonds is 17. The van der Waals surface area contributed by atoms with Gasteiger partial charge >= 0.3 is 11.9 Å². The first-order valence-electron chi connectivity index (χ1n) is 22.7. The Morgan fingerprint density at radius 1 is 0.676 bits per heavy atom. The van der Waals surface area contributed by atoms with Gasteiger partial charge < -0.3 is 108 Å². The summed E-state index contributed by atoms with van der Waals surface area (Å²) in [7, 11) is 2.86. The molecule has 390 valence electrons. The maximum absolute atomic E-state index is 13.4. The van der Waals surface area contributed by atoms with Crippen LogP contribution in [0.5, 0.6) is 17.2 Å². The number of aliphatic hydroxyl groups excluding tert-OH is 9. The highest BCUT2D eigenvalue weighted by molar-refractivity contribution is 5.87. The first-order chi connectivity index (χ1) is 34.0. The van der Waals surface area contributed by atoms with Crippen molar-refractivity contribution in [2.45, 2.75) is 123 Å². The minimum Gasteiger partial charge on any atom is -0.504 e. The van der Waals surface area contributed by atoms with E-state index in [9.17, 15) is 60.7 Å². The van der Waals surface area contributed by atoms with Crippen LogP contribution < -0.4 is 9.47 Å². The van der Waals surface area contributed by atoms with E-state index in [1.807, 2.05) is 0 Å². The Balaban J connectivity index is 0.999. The van der Waals surface area contributed by atoms with Crippen LogP contribution in [0.2, 0.25) is 0 Å². The summed E-state index contributed by atoms with van der Waals surface area (Å²) in [6, 6.07) is 11.1. The molecule has 1 aliphatic carbocycles. The predicted octanol–water partition coefficient (Wildman–Crippen LogP) is -2.66. The maximum Gasteiger partial charge on any atom is 0.331 e. The van der Waals surface area contributed by atoms with Crippen LogP contribution >= 0.6 is 0 Å². The third-order valence-corrected chi connectivity index (χ3v) is 13.4. The molecule has 2 aromatic rings. The summed E-state index contributed by atoms with van der Waals surface area (Å²) in [6.45, 7) is -0.503. The molecule has 5 heterocycles. The lowest BCUT2D eigenvalue weighted by atomic mass is 9.85. The number of benzene rings is 2. The smallest absolute Gasteiger partial charge is 0.331 e. The Labute approximate surface area is 405 Å². The standard InChI is InChI=1S/C47H58O24/c1-20-39(67-30(52)13-7-21-4-9-23(60-2)10-5-21)41(69-44-36(57)35(56)33(54)28(66-44)18-63-29(51)12-8-22-6-11-25(50)26(16-22)61-3)38(59)46(64-20)68-40-24-14-15-62-43(31(24)47(19-49)42(40)71-47)70-45-37(58)34(55)32(53)27(17-48)65-45/h4-16,20,24,27-28,31-46,48-50,53-59H,17-19H2,1-3H3/b12-8+,13-7+/t20-,24+,27+,28+,31+,32+,33+,34-,35-,36+,37+,38+,39-,40-,41-,42-,43-,44-,45-,46-,47+/m0/s1. The molecule has 1 saturated carbocycles. The zero-order valence-electron chi connectivity index (χ0n) is 38.4. The van der Waals surface area contributed by atoms with Crippen molar-refractivity contribution in [3.63, 3.8) is 0 Å². The minimum atomic E-state index is -1.99. The third-order valence-electron chi connectivity index (χ3n) is 13.4. The number of carbonyl (C=O) groups is 2. The van der Waals surface area contributed by atoms with Gasteiger partial charge in [-0.25, -0.2) is 9.59 Å². The van der Waals surface area contributed by atoms with Crippen molar-refractivity contribution in [1.29, 1.82) is 0 Å². The van der Waals surface area contributed by atoms with Gasteiger partial charge in [0, 0.05) is 18.1 Å². The van der Waals surface area contributed by atoms with Crippen molar-refractivity contribution in [3.05, 3.63) is 78.1 Å². The van der Waals surface area contributed by atoms with Gasteiger partial charge in [-0.05, 0) is 60.5 Å². The molecule has 0 aromatic heterocycles. The largest absolute Gasteiger partial charge is 0.504 e. The van der Waals surface area contributed by atoms with Crippen molar-refractivity contribution in [3.8, 4) is 17.2 Å². The molecule has 0 spiro atoms. The highest BCUT2D eigenvalue weighted by atomic mass is 16.8. The summed E-state index contributed by atoms with van der Waals surface area (Å²) in [6.07, 6.45) is -20.6. The number of esters is 2. The average Bonchev–Trinajstić information content (AvgIpc) is 4.05. The van der Waals surface area contributed by atoms with Crippen LogP contribution in [0.25, 0.3) is 12.2 Å². The Morgan fingerprint density at radius 3 is 1.97 bits per heavy atom. The van der Waals surface area contributed by atoms with Crippen LogP contribution in [0, 0.1) is 11.8 Å². The number of hydrogen-bond donors (Lipinski definition) is 10. The van der Waals surface area contributed by atoms with Gasteiger partial charge in [0.2, 0.25) is 6.29 Å². The van der Waals surface area contributed by atoms with Gasteiger partial charge in [-0.1, -0.05) is 18.2 Å². The molecule has 5 aliphatic heterocycles. The first-order valence-corrected chi connectivity index (χ1v) is 22.7. The molecule has 5 fully saturated rings. The van der Waals surface area contributed by atoms with Gasteiger partial charge in [0.25, 0.3) is 0 Å². The van der Waals surface area contributed by atoms with E-state index in [1.165, 1.54) is 57.8 Å². The van der Waals surface area contributed by atoms with E-state index in [2.05, 4.69) is 0 Å². The van der Waals surface area contributed by atoms with E-state index in [-0.39, 0.29) is 11.5 Å². The quantitative estimate of drug-likeness (QED) is 0.0439. The molecule has 24 heteroatoms. The lowest BCUT2D eigenvalue weighted by Crippen LogP contribution is -2.65. The van der Waals surface area contributed by atoms with Crippen LogP contribution in [0.3, 0.4) is 0 Å². The molecule has 10 N–H and O–H groups in total. The minimum absolute atomic E-state index is 0.120. The van der Waals surface area contributed by atoms with E-state index in [0.29, 0.717) is 16.9 Å². The van der Waals surface area contributed by atoms with E-state index < -0.39 is 160 Å². The number of phenols is 1. The number of ether oxygens (including phenoxy) is 12. The summed E-state index contributed by atoms with van der Waals surface area (Å²) in [4.78, 5) is 26.2. The van der Waals surface area contributed by atoms with Crippen molar-refractivity contribution in [2.24, 2.45) is 11.8 Å². The summed E-state index contributed by atoms with van der Waals surface area (Å²) >= 11 is 0. The zero-order valence-corrected chi connectivity index (χ0v) is 38.4. The Morgan fingerprint density at radius 2 is 1.30 bits per heavy atom. The fourth-order valence-corrected chi connectivity index (χ4v) is 9.43. The van der Waals surface area contributed by atoms with Gasteiger partial charge in [0.05, 0.1) is 51.8 Å². The second-order valence-electron chi connectivity index (χ2n) is 17.7. The molecule has 24 nitrogen and oxygen atoms in total. The molecule has 0 unspecified atom stereocenters. The number of methoxy groups -OCH3 is 2.